The van der Waals surface area contributed by atoms with Crippen LogP contribution in [0, 0.1) is 0 Å². The molecule has 1 aromatic carbocycles. The second-order valence-corrected chi connectivity index (χ2v) is 6.57. The van der Waals surface area contributed by atoms with Crippen LogP contribution >= 0.6 is 0 Å². The largest absolute Gasteiger partial charge is 0.348 e. The lowest BCUT2D eigenvalue weighted by molar-refractivity contribution is 0.581. The van der Waals surface area contributed by atoms with Crippen molar-refractivity contribution in [3.05, 3.63) is 48.0 Å². The van der Waals surface area contributed by atoms with Gasteiger partial charge in [0.15, 0.2) is 0 Å². The monoisotopic (exact) mass is 308 g/mol. The molecule has 0 radical (unpaired) electrons. The lowest BCUT2D eigenvalue weighted by Gasteiger charge is -2.11. The lowest BCUT2D eigenvalue weighted by Crippen LogP contribution is -2.26. The van der Waals surface area contributed by atoms with Gasteiger partial charge < -0.3 is 10.3 Å². The molecule has 2 aromatic rings. The first-order chi connectivity index (χ1) is 10.0. The molecule has 0 amide bonds. The molecule has 0 aliphatic carbocycles. The molecular weight excluding hydrogens is 288 g/mol. The highest BCUT2D eigenvalue weighted by molar-refractivity contribution is 7.89. The molecule has 3 N–H and O–H groups in total. The van der Waals surface area contributed by atoms with Gasteiger partial charge in [-0.1, -0.05) is 12.1 Å². The second kappa shape index (κ2) is 6.84. The van der Waals surface area contributed by atoms with E-state index >= 15 is 0 Å². The molecule has 0 bridgehead atoms. The fraction of sp³-hybridized carbons (Fsp3) is 0.357. The van der Waals surface area contributed by atoms with E-state index in [0.717, 1.165) is 11.3 Å². The van der Waals surface area contributed by atoms with Crippen molar-refractivity contribution >= 4 is 10.0 Å². The van der Waals surface area contributed by atoms with Gasteiger partial charge in [-0.15, -0.1) is 0 Å². The van der Waals surface area contributed by atoms with Crippen LogP contribution in [0.2, 0.25) is 0 Å². The summed E-state index contributed by atoms with van der Waals surface area (Å²) < 4.78 is 26.9. The lowest BCUT2D eigenvalue weighted by atomic mass is 10.1. The molecule has 1 heterocycles. The standard InChI is InChI=1S/C14H20N4O2S/c1-11(15-2)12-3-5-14(6-4-12)21(19,20)18-8-7-13-9-16-10-17-13/h3-6,9-11,15,18H,7-8H2,1-2H3,(H,16,17). The number of benzene rings is 1. The molecule has 6 nitrogen and oxygen atoms in total. The smallest absolute Gasteiger partial charge is 0.240 e. The van der Waals surface area contributed by atoms with E-state index in [2.05, 4.69) is 20.0 Å². The normalized spacial score (nSPS) is 13.2. The summed E-state index contributed by atoms with van der Waals surface area (Å²) in [6.07, 6.45) is 3.84. The summed E-state index contributed by atoms with van der Waals surface area (Å²) in [6, 6.07) is 7.09. The van der Waals surface area contributed by atoms with Crippen molar-refractivity contribution in [3.63, 3.8) is 0 Å². The van der Waals surface area contributed by atoms with E-state index in [1.54, 1.807) is 24.7 Å². The molecule has 114 valence electrons. The third-order valence-electron chi connectivity index (χ3n) is 3.36. The van der Waals surface area contributed by atoms with Gasteiger partial charge in [0, 0.05) is 30.9 Å². The van der Waals surface area contributed by atoms with Crippen LogP contribution < -0.4 is 10.0 Å². The fourth-order valence-corrected chi connectivity index (χ4v) is 2.96. The van der Waals surface area contributed by atoms with E-state index in [0.29, 0.717) is 13.0 Å². The fourth-order valence-electron chi connectivity index (χ4n) is 1.93. The third-order valence-corrected chi connectivity index (χ3v) is 4.84. The molecule has 0 saturated carbocycles. The number of aromatic amines is 1. The summed E-state index contributed by atoms with van der Waals surface area (Å²) in [4.78, 5) is 7.10. The molecule has 1 unspecified atom stereocenters. The van der Waals surface area contributed by atoms with Gasteiger partial charge in [0.05, 0.1) is 11.2 Å². The van der Waals surface area contributed by atoms with Crippen LogP contribution in [-0.2, 0) is 16.4 Å². The van der Waals surface area contributed by atoms with Crippen molar-refractivity contribution in [2.24, 2.45) is 0 Å². The maximum Gasteiger partial charge on any atom is 0.240 e. The first-order valence-corrected chi connectivity index (χ1v) is 8.25. The van der Waals surface area contributed by atoms with E-state index in [1.165, 1.54) is 0 Å². The maximum absolute atomic E-state index is 12.2. The Bertz CT molecular complexity index is 651. The molecule has 0 aliphatic rings. The first-order valence-electron chi connectivity index (χ1n) is 6.77. The number of hydrogen-bond acceptors (Lipinski definition) is 4. The molecule has 0 fully saturated rings. The zero-order chi connectivity index (χ0) is 15.3. The van der Waals surface area contributed by atoms with Crippen LogP contribution in [0.3, 0.4) is 0 Å². The van der Waals surface area contributed by atoms with Gasteiger partial charge in [0.1, 0.15) is 0 Å². The molecular formula is C14H20N4O2S. The Kier molecular flexibility index (Phi) is 5.11. The van der Waals surface area contributed by atoms with Gasteiger partial charge in [-0.25, -0.2) is 18.1 Å². The van der Waals surface area contributed by atoms with Crippen molar-refractivity contribution in [1.29, 1.82) is 0 Å². The van der Waals surface area contributed by atoms with E-state index < -0.39 is 10.0 Å². The summed E-state index contributed by atoms with van der Waals surface area (Å²) in [6.45, 7) is 2.35. The number of hydrogen-bond donors (Lipinski definition) is 3. The first kappa shape index (κ1) is 15.7. The number of nitrogens with one attached hydrogen (secondary N) is 3. The van der Waals surface area contributed by atoms with E-state index in [4.69, 9.17) is 0 Å². The van der Waals surface area contributed by atoms with Gasteiger partial charge in [0.25, 0.3) is 0 Å². The summed E-state index contributed by atoms with van der Waals surface area (Å²) >= 11 is 0. The summed E-state index contributed by atoms with van der Waals surface area (Å²) in [5.74, 6) is 0. The maximum atomic E-state index is 12.2. The van der Waals surface area contributed by atoms with Crippen LogP contribution in [0.1, 0.15) is 24.2 Å². The summed E-state index contributed by atoms with van der Waals surface area (Å²) in [5, 5.41) is 3.11. The van der Waals surface area contributed by atoms with E-state index in [1.807, 2.05) is 26.1 Å². The SMILES string of the molecule is CNC(C)c1ccc(S(=O)(=O)NCCc2cnc[nH]2)cc1. The highest BCUT2D eigenvalue weighted by atomic mass is 32.2. The minimum atomic E-state index is -3.47. The number of nitrogens with zero attached hydrogens (tertiary/aromatic N) is 1. The van der Waals surface area contributed by atoms with Crippen LogP contribution in [0.25, 0.3) is 0 Å². The summed E-state index contributed by atoms with van der Waals surface area (Å²) in [5.41, 5.74) is 1.95. The number of rotatable bonds is 7. The highest BCUT2D eigenvalue weighted by Crippen LogP contribution is 2.15. The number of imidazole rings is 1. The van der Waals surface area contributed by atoms with Crippen molar-refractivity contribution in [3.8, 4) is 0 Å². The van der Waals surface area contributed by atoms with Gasteiger partial charge >= 0.3 is 0 Å². The molecule has 1 aromatic heterocycles. The highest BCUT2D eigenvalue weighted by Gasteiger charge is 2.14. The van der Waals surface area contributed by atoms with Crippen molar-refractivity contribution < 1.29 is 8.42 Å². The van der Waals surface area contributed by atoms with E-state index in [-0.39, 0.29) is 10.9 Å². The minimum Gasteiger partial charge on any atom is -0.348 e. The van der Waals surface area contributed by atoms with Crippen LogP contribution in [-0.4, -0.2) is 32.0 Å². The van der Waals surface area contributed by atoms with Crippen molar-refractivity contribution in [2.75, 3.05) is 13.6 Å². The topological polar surface area (TPSA) is 86.9 Å². The predicted octanol–water partition coefficient (Wildman–Crippen LogP) is 1.21. The Morgan fingerprint density at radius 2 is 2.00 bits per heavy atom. The van der Waals surface area contributed by atoms with Crippen molar-refractivity contribution in [2.45, 2.75) is 24.3 Å². The Hall–Kier alpha value is -1.70. The minimum absolute atomic E-state index is 0.190. The third kappa shape index (κ3) is 4.13. The molecule has 0 aliphatic heterocycles. The Morgan fingerprint density at radius 1 is 1.29 bits per heavy atom. The van der Waals surface area contributed by atoms with Gasteiger partial charge in [-0.2, -0.15) is 0 Å². The zero-order valence-corrected chi connectivity index (χ0v) is 12.9. The zero-order valence-electron chi connectivity index (χ0n) is 12.1. The van der Waals surface area contributed by atoms with Crippen LogP contribution in [0.4, 0.5) is 0 Å². The van der Waals surface area contributed by atoms with Gasteiger partial charge in [-0.3, -0.25) is 0 Å². The Morgan fingerprint density at radius 3 is 2.57 bits per heavy atom. The summed E-state index contributed by atoms with van der Waals surface area (Å²) in [7, 11) is -1.60. The van der Waals surface area contributed by atoms with E-state index in [9.17, 15) is 8.42 Å². The Labute approximate surface area is 125 Å². The van der Waals surface area contributed by atoms with Crippen LogP contribution in [0.15, 0.2) is 41.7 Å². The average molecular weight is 308 g/mol. The van der Waals surface area contributed by atoms with Gasteiger partial charge in [0.2, 0.25) is 10.0 Å². The quantitative estimate of drug-likeness (QED) is 0.717. The molecule has 0 saturated heterocycles. The number of aromatic nitrogens is 2. The molecule has 0 spiro atoms. The van der Waals surface area contributed by atoms with Crippen molar-refractivity contribution in [1.82, 2.24) is 20.0 Å². The van der Waals surface area contributed by atoms with Gasteiger partial charge in [-0.05, 0) is 31.7 Å². The molecule has 21 heavy (non-hydrogen) atoms. The number of sulfonamides is 1. The molecule has 7 heteroatoms. The predicted molar refractivity (Wildman–Crippen MR) is 81.4 cm³/mol. The average Bonchev–Trinajstić information content (AvgIpc) is 2.99. The molecule has 1 atom stereocenters. The second-order valence-electron chi connectivity index (χ2n) is 4.80. The Balaban J connectivity index is 1.98. The molecule has 2 rings (SSSR count). The number of H-pyrrole nitrogens is 1. The van der Waals surface area contributed by atoms with Crippen LogP contribution in [0.5, 0.6) is 0 Å².